The number of aliphatic hydroxyl groups excluding tert-OH is 1. The fourth-order valence-electron chi connectivity index (χ4n) is 1.68. The van der Waals surface area contributed by atoms with Crippen molar-refractivity contribution in [1.29, 1.82) is 0 Å². The Morgan fingerprint density at radius 1 is 1.00 bits per heavy atom. The van der Waals surface area contributed by atoms with Crippen LogP contribution >= 0.6 is 0 Å². The van der Waals surface area contributed by atoms with Crippen molar-refractivity contribution in [2.75, 3.05) is 0 Å². The van der Waals surface area contributed by atoms with Gasteiger partial charge in [-0.3, -0.25) is 0 Å². The third-order valence-corrected chi connectivity index (χ3v) is 11.2. The monoisotopic (exact) mass is 350 g/mol. The summed E-state index contributed by atoms with van der Waals surface area (Å²) in [5.41, 5.74) is 0.0189. The third-order valence-electron chi connectivity index (χ3n) is 2.58. The second-order valence-corrected chi connectivity index (χ2v) is 18.9. The lowest BCUT2D eigenvalue weighted by atomic mass is 10.2. The zero-order valence-corrected chi connectivity index (χ0v) is 17.5. The van der Waals surface area contributed by atoms with Crippen LogP contribution in [0.15, 0.2) is 11.3 Å². The minimum atomic E-state index is -1.76. The van der Waals surface area contributed by atoms with Gasteiger partial charge >= 0.3 is 15.3 Å². The van der Waals surface area contributed by atoms with Gasteiger partial charge in [0.15, 0.2) is 16.6 Å². The third kappa shape index (κ3) is 10.9. The van der Waals surface area contributed by atoms with E-state index in [4.69, 9.17) is 13.3 Å². The summed E-state index contributed by atoms with van der Waals surface area (Å²) in [6.07, 6.45) is 1.06. The largest absolute Gasteiger partial charge is 0.512 e. The molecular weight excluding hydrogens is 320 g/mol. The first-order chi connectivity index (χ1) is 9.32. The van der Waals surface area contributed by atoms with Crippen molar-refractivity contribution in [2.24, 2.45) is 0 Å². The van der Waals surface area contributed by atoms with Crippen LogP contribution in [-0.4, -0.2) is 42.1 Å². The molecule has 0 aliphatic carbocycles. The number of rotatable bonds is 9. The first-order valence-electron chi connectivity index (χ1n) is 7.29. The fraction of sp³-hybridized carbons (Fsp3) is 0.769. The van der Waals surface area contributed by atoms with Crippen LogP contribution < -0.4 is 0 Å². The van der Waals surface area contributed by atoms with Gasteiger partial charge in [0.25, 0.3) is 0 Å². The van der Waals surface area contributed by atoms with E-state index in [1.807, 2.05) is 0 Å². The molecule has 5 nitrogen and oxygen atoms in total. The maximum atomic E-state index is 10.8. The van der Waals surface area contributed by atoms with Gasteiger partial charge in [0.2, 0.25) is 0 Å². The van der Waals surface area contributed by atoms with Crippen LogP contribution in [0.4, 0.5) is 0 Å². The van der Waals surface area contributed by atoms with Crippen LogP contribution in [0, 0.1) is 0 Å². The van der Waals surface area contributed by atoms with Gasteiger partial charge in [0.1, 0.15) is 5.76 Å². The number of aliphatic hydroxyl groups is 1. The van der Waals surface area contributed by atoms with E-state index >= 15 is 0 Å². The van der Waals surface area contributed by atoms with E-state index in [1.165, 1.54) is 6.92 Å². The van der Waals surface area contributed by atoms with Gasteiger partial charge in [0, 0.05) is 6.42 Å². The summed E-state index contributed by atoms with van der Waals surface area (Å²) in [6, 6.07) is 0.797. The number of allylic oxidation sites excluding steroid dienone is 1. The predicted octanol–water partition coefficient (Wildman–Crippen LogP) is 3.61. The lowest BCUT2D eigenvalue weighted by Gasteiger charge is -2.30. The van der Waals surface area contributed by atoms with E-state index in [0.29, 0.717) is 12.8 Å². The quantitative estimate of drug-likeness (QED) is 0.377. The summed E-state index contributed by atoms with van der Waals surface area (Å²) in [5.74, 6) is -1.12. The first kappa shape index (κ1) is 20.6. The molecule has 0 saturated carbocycles. The van der Waals surface area contributed by atoms with Crippen molar-refractivity contribution < 1.29 is 23.2 Å². The Bertz CT molecular complexity index is 366. The smallest absolute Gasteiger partial charge is 0.334 e. The molecule has 0 aromatic heterocycles. The highest BCUT2D eigenvalue weighted by Crippen LogP contribution is 2.18. The molecule has 0 aromatic carbocycles. The van der Waals surface area contributed by atoms with Crippen LogP contribution in [0.1, 0.15) is 19.8 Å². The fourth-order valence-corrected chi connectivity index (χ4v) is 10.1. The zero-order valence-electron chi connectivity index (χ0n) is 14.3. The van der Waals surface area contributed by atoms with Gasteiger partial charge < -0.3 is 18.4 Å². The lowest BCUT2D eigenvalue weighted by molar-refractivity contribution is -0.132. The van der Waals surface area contributed by atoms with Crippen LogP contribution in [0.5, 0.6) is 0 Å². The average molecular weight is 351 g/mol. The zero-order chi connectivity index (χ0) is 16.8. The number of carbonyl (C=O) groups is 1. The van der Waals surface area contributed by atoms with Crippen molar-refractivity contribution in [1.82, 2.24) is 0 Å². The Hall–Kier alpha value is -0.419. The van der Waals surface area contributed by atoms with E-state index < -0.39 is 31.9 Å². The molecule has 0 spiro atoms. The number of hydrogen-bond acceptors (Lipinski definition) is 4. The molecule has 0 heterocycles. The van der Waals surface area contributed by atoms with Crippen LogP contribution in [0.25, 0.3) is 0 Å². The maximum Gasteiger partial charge on any atom is 0.334 e. The number of hydrogen-bond donors (Lipinski definition) is 2. The normalized spacial score (nSPS) is 14.3. The van der Waals surface area contributed by atoms with Gasteiger partial charge in [-0.05, 0) is 58.7 Å². The molecular formula is C13H30O5Si3. The Balaban J connectivity index is 4.56. The van der Waals surface area contributed by atoms with Gasteiger partial charge in [-0.1, -0.05) is 0 Å². The van der Waals surface area contributed by atoms with Crippen molar-refractivity contribution in [3.8, 4) is 0 Å². The molecule has 124 valence electrons. The van der Waals surface area contributed by atoms with Gasteiger partial charge in [-0.15, -0.1) is 0 Å². The summed E-state index contributed by atoms with van der Waals surface area (Å²) in [5, 5.41) is 18.5. The Kier molecular flexibility index (Phi) is 8.11. The molecule has 0 atom stereocenters. The van der Waals surface area contributed by atoms with Crippen molar-refractivity contribution in [3.63, 3.8) is 0 Å². The molecule has 2 N–H and O–H groups in total. The summed E-state index contributed by atoms with van der Waals surface area (Å²) in [6.45, 7) is 14.3. The molecule has 0 aliphatic heterocycles. The maximum absolute atomic E-state index is 10.8. The molecule has 0 aromatic rings. The molecule has 21 heavy (non-hydrogen) atoms. The Morgan fingerprint density at radius 3 is 1.76 bits per heavy atom. The minimum Gasteiger partial charge on any atom is -0.512 e. The summed E-state index contributed by atoms with van der Waals surface area (Å²) in [4.78, 5) is 10.8. The van der Waals surface area contributed by atoms with E-state index in [9.17, 15) is 9.90 Å². The molecule has 0 saturated heterocycles. The van der Waals surface area contributed by atoms with Crippen LogP contribution in [0.3, 0.4) is 0 Å². The summed E-state index contributed by atoms with van der Waals surface area (Å²) in [7, 11) is -5.05. The van der Waals surface area contributed by atoms with Crippen LogP contribution in [-0.2, 0) is 13.0 Å². The van der Waals surface area contributed by atoms with Gasteiger partial charge in [-0.25, -0.2) is 4.79 Å². The van der Waals surface area contributed by atoms with E-state index in [1.54, 1.807) is 0 Å². The predicted molar refractivity (Wildman–Crippen MR) is 93.0 cm³/mol. The molecule has 0 rings (SSSR count). The molecule has 0 unspecified atom stereocenters. The van der Waals surface area contributed by atoms with E-state index in [-0.39, 0.29) is 11.3 Å². The summed E-state index contributed by atoms with van der Waals surface area (Å²) >= 11 is 0. The Morgan fingerprint density at radius 2 is 1.43 bits per heavy atom. The van der Waals surface area contributed by atoms with Gasteiger partial charge in [0.05, 0.1) is 5.57 Å². The van der Waals surface area contributed by atoms with Crippen molar-refractivity contribution >= 4 is 31.9 Å². The average Bonchev–Trinajstić information content (AvgIpc) is 2.22. The second-order valence-electron chi connectivity index (χ2n) is 7.16. The number of aliphatic carboxylic acids is 1. The van der Waals surface area contributed by atoms with E-state index in [0.717, 1.165) is 6.04 Å². The van der Waals surface area contributed by atoms with E-state index in [2.05, 4.69) is 39.3 Å². The van der Waals surface area contributed by atoms with Crippen molar-refractivity contribution in [3.05, 3.63) is 11.3 Å². The van der Waals surface area contributed by atoms with Crippen LogP contribution in [0.2, 0.25) is 45.3 Å². The number of carboxylic acids is 1. The molecule has 0 fully saturated rings. The molecule has 0 bridgehead atoms. The second kappa shape index (κ2) is 8.28. The highest BCUT2D eigenvalue weighted by Gasteiger charge is 2.28. The lowest BCUT2D eigenvalue weighted by Crippen LogP contribution is -2.43. The SMILES string of the molecule is CC(C(=O)O)=C(O)CCC[SiH](O[Si](C)(C)C)O[Si](C)(C)C. The topological polar surface area (TPSA) is 76.0 Å². The standard InChI is InChI=1S/C13H30O5Si3/c1-11(13(15)16)12(14)9-8-10-19(17-20(2,3)4)18-21(5,6)7/h14,19H,8-10H2,1-7H3,(H,15,16). The minimum absolute atomic E-state index is 0.0189. The van der Waals surface area contributed by atoms with Gasteiger partial charge in [-0.2, -0.15) is 0 Å². The molecule has 8 heteroatoms. The Labute approximate surface area is 132 Å². The first-order valence-corrected chi connectivity index (χ1v) is 15.9. The highest BCUT2D eigenvalue weighted by atomic mass is 28.4. The molecule has 0 radical (unpaired) electrons. The number of carboxylic acid groups (broad SMARTS) is 1. The van der Waals surface area contributed by atoms with Crippen molar-refractivity contribution in [2.45, 2.75) is 65.1 Å². The highest BCUT2D eigenvalue weighted by molar-refractivity contribution is 6.81. The molecule has 0 amide bonds. The molecule has 0 aliphatic rings. The summed E-state index contributed by atoms with van der Waals surface area (Å²) < 4.78 is 12.4.